The molecule has 0 spiro atoms. The first-order valence-electron chi connectivity index (χ1n) is 15.1. The number of amides is 3. The van der Waals surface area contributed by atoms with Gasteiger partial charge in [0, 0.05) is 45.2 Å². The predicted molar refractivity (Wildman–Crippen MR) is 160 cm³/mol. The van der Waals surface area contributed by atoms with Crippen molar-refractivity contribution in [3.8, 4) is 11.1 Å². The van der Waals surface area contributed by atoms with Gasteiger partial charge in [0.2, 0.25) is 5.91 Å². The van der Waals surface area contributed by atoms with Gasteiger partial charge in [-0.2, -0.15) is 0 Å². The van der Waals surface area contributed by atoms with Gasteiger partial charge in [0.05, 0.1) is 24.6 Å². The first kappa shape index (κ1) is 28.4. The van der Waals surface area contributed by atoms with Crippen LogP contribution >= 0.6 is 0 Å². The molecule has 1 aliphatic carbocycles. The first-order valence-corrected chi connectivity index (χ1v) is 15.1. The van der Waals surface area contributed by atoms with Crippen molar-refractivity contribution in [2.24, 2.45) is 17.6 Å². The second kappa shape index (κ2) is 13.5. The fraction of sp³-hybridized carbons (Fsp3) is 0.562. The maximum Gasteiger partial charge on any atom is 0.320 e. The van der Waals surface area contributed by atoms with E-state index in [4.69, 9.17) is 10.5 Å². The Bertz CT molecular complexity index is 1150. The Morgan fingerprint density at radius 3 is 2.45 bits per heavy atom. The van der Waals surface area contributed by atoms with Crippen molar-refractivity contribution in [1.29, 1.82) is 0 Å². The molecule has 8 heteroatoms. The Balaban J connectivity index is 1.37. The highest BCUT2D eigenvalue weighted by Gasteiger charge is 2.27. The highest BCUT2D eigenvalue weighted by Crippen LogP contribution is 2.36. The van der Waals surface area contributed by atoms with Gasteiger partial charge >= 0.3 is 6.03 Å². The zero-order chi connectivity index (χ0) is 27.9. The van der Waals surface area contributed by atoms with Crippen LogP contribution in [-0.4, -0.2) is 74.2 Å². The third kappa shape index (κ3) is 6.96. The van der Waals surface area contributed by atoms with Crippen LogP contribution in [0.3, 0.4) is 0 Å². The van der Waals surface area contributed by atoms with Gasteiger partial charge in [0.25, 0.3) is 0 Å². The van der Waals surface area contributed by atoms with Gasteiger partial charge in [-0.05, 0) is 79.5 Å². The number of piperidine rings is 1. The van der Waals surface area contributed by atoms with Crippen LogP contribution in [0.15, 0.2) is 42.5 Å². The second-order valence-electron chi connectivity index (χ2n) is 11.7. The average Bonchev–Trinajstić information content (AvgIpc) is 2.95. The van der Waals surface area contributed by atoms with Gasteiger partial charge in [0.15, 0.2) is 0 Å². The van der Waals surface area contributed by atoms with Gasteiger partial charge in [-0.25, -0.2) is 4.79 Å². The number of nitrogens with zero attached hydrogens (tertiary/aromatic N) is 3. The zero-order valence-corrected chi connectivity index (χ0v) is 23.9. The van der Waals surface area contributed by atoms with Crippen molar-refractivity contribution >= 4 is 23.3 Å². The molecule has 3 aliphatic rings. The lowest BCUT2D eigenvalue weighted by Crippen LogP contribution is -2.48. The number of rotatable bonds is 9. The maximum absolute atomic E-state index is 13.3. The molecule has 2 aromatic rings. The van der Waals surface area contributed by atoms with Crippen molar-refractivity contribution in [3.05, 3.63) is 48.0 Å². The molecule has 8 nitrogen and oxygen atoms in total. The van der Waals surface area contributed by atoms with Gasteiger partial charge in [-0.15, -0.1) is 0 Å². The fourth-order valence-corrected chi connectivity index (χ4v) is 5.79. The number of ether oxygens (including phenoxy) is 1. The van der Waals surface area contributed by atoms with E-state index >= 15 is 0 Å². The van der Waals surface area contributed by atoms with Crippen LogP contribution in [0, 0.1) is 11.8 Å². The number of hydrogen-bond donors (Lipinski definition) is 2. The second-order valence-corrected chi connectivity index (χ2v) is 11.7. The van der Waals surface area contributed by atoms with Crippen LogP contribution in [-0.2, 0) is 16.1 Å². The Morgan fingerprint density at radius 1 is 1.00 bits per heavy atom. The van der Waals surface area contributed by atoms with Crippen LogP contribution in [0.25, 0.3) is 11.1 Å². The monoisotopic (exact) mass is 547 g/mol. The quantitative estimate of drug-likeness (QED) is 0.465. The molecule has 2 heterocycles. The third-order valence-corrected chi connectivity index (χ3v) is 8.67. The third-order valence-electron chi connectivity index (χ3n) is 8.67. The molecular formula is C32H45N5O3. The molecule has 0 bridgehead atoms. The summed E-state index contributed by atoms with van der Waals surface area (Å²) in [6.07, 6.45) is 6.20. The van der Waals surface area contributed by atoms with Crippen molar-refractivity contribution in [3.63, 3.8) is 0 Å². The lowest BCUT2D eigenvalue weighted by molar-refractivity contribution is -0.122. The van der Waals surface area contributed by atoms with E-state index < -0.39 is 0 Å². The lowest BCUT2D eigenvalue weighted by Gasteiger charge is -2.34. The highest BCUT2D eigenvalue weighted by molar-refractivity contribution is 5.97. The molecule has 3 amide bonds. The van der Waals surface area contributed by atoms with Crippen molar-refractivity contribution in [1.82, 2.24) is 9.80 Å². The van der Waals surface area contributed by atoms with Crippen molar-refractivity contribution in [2.45, 2.75) is 52.0 Å². The molecule has 2 saturated heterocycles. The number of hydrogen-bond acceptors (Lipinski definition) is 5. The molecule has 0 aromatic heterocycles. The Kier molecular flexibility index (Phi) is 9.60. The number of carbonyl (C=O) groups is 2. The summed E-state index contributed by atoms with van der Waals surface area (Å²) >= 11 is 0. The summed E-state index contributed by atoms with van der Waals surface area (Å²) in [5.41, 5.74) is 11.0. The minimum Gasteiger partial charge on any atom is -0.378 e. The number of anilines is 2. The molecule has 216 valence electrons. The number of morpholine rings is 1. The summed E-state index contributed by atoms with van der Waals surface area (Å²) in [5, 5.41) is 3.29. The Morgan fingerprint density at radius 2 is 1.75 bits per heavy atom. The Labute approximate surface area is 238 Å². The van der Waals surface area contributed by atoms with Gasteiger partial charge < -0.3 is 30.5 Å². The predicted octanol–water partition coefficient (Wildman–Crippen LogP) is 4.93. The summed E-state index contributed by atoms with van der Waals surface area (Å²) in [6, 6.07) is 14.9. The van der Waals surface area contributed by atoms with E-state index in [0.717, 1.165) is 72.8 Å². The number of nitrogens with two attached hydrogens (primary N) is 1. The fourth-order valence-electron chi connectivity index (χ4n) is 5.79. The molecule has 0 unspecified atom stereocenters. The van der Waals surface area contributed by atoms with E-state index in [1.54, 1.807) is 0 Å². The molecule has 3 fully saturated rings. The number of benzene rings is 2. The molecular weight excluding hydrogens is 502 g/mol. The lowest BCUT2D eigenvalue weighted by atomic mass is 9.84. The van der Waals surface area contributed by atoms with Crippen LogP contribution in [0.4, 0.5) is 16.2 Å². The molecule has 0 atom stereocenters. The molecule has 3 N–H and O–H groups in total. The summed E-state index contributed by atoms with van der Waals surface area (Å²) in [6.45, 7) is 8.44. The van der Waals surface area contributed by atoms with Gasteiger partial charge in [0.1, 0.15) is 0 Å². The van der Waals surface area contributed by atoms with E-state index in [-0.39, 0.29) is 17.9 Å². The molecule has 5 rings (SSSR count). The minimum absolute atomic E-state index is 0.0448. The molecule has 40 heavy (non-hydrogen) atoms. The minimum atomic E-state index is 0.0448. The van der Waals surface area contributed by atoms with E-state index in [1.165, 1.54) is 12.8 Å². The maximum atomic E-state index is 13.3. The van der Waals surface area contributed by atoms with Crippen LogP contribution in [0.2, 0.25) is 0 Å². The molecule has 2 aliphatic heterocycles. The van der Waals surface area contributed by atoms with Gasteiger partial charge in [-0.1, -0.05) is 37.6 Å². The topological polar surface area (TPSA) is 91.1 Å². The average molecular weight is 548 g/mol. The normalized spacial score (nSPS) is 18.4. The summed E-state index contributed by atoms with van der Waals surface area (Å²) in [5.74, 6) is 1.01. The molecule has 2 aromatic carbocycles. The Hall–Kier alpha value is -3.10. The SMILES string of the molecule is CC1CCN(c2ccc(-c3cccc(CN(CCCN)C(=O)N4CCOCC4)c3)cc2NC(=O)C2CCC2)CC1. The largest absolute Gasteiger partial charge is 0.378 e. The molecule has 0 radical (unpaired) electrons. The highest BCUT2D eigenvalue weighted by atomic mass is 16.5. The summed E-state index contributed by atoms with van der Waals surface area (Å²) in [4.78, 5) is 32.5. The van der Waals surface area contributed by atoms with Crippen LogP contribution < -0.4 is 16.0 Å². The van der Waals surface area contributed by atoms with Crippen molar-refractivity contribution < 1.29 is 14.3 Å². The number of nitrogens with one attached hydrogen (secondary N) is 1. The van der Waals surface area contributed by atoms with Crippen LogP contribution in [0.1, 0.15) is 51.0 Å². The summed E-state index contributed by atoms with van der Waals surface area (Å²) in [7, 11) is 0. The zero-order valence-electron chi connectivity index (χ0n) is 23.9. The van der Waals surface area contributed by atoms with Crippen molar-refractivity contribution in [2.75, 3.05) is 62.7 Å². The van der Waals surface area contributed by atoms with E-state index in [1.807, 2.05) is 9.80 Å². The van der Waals surface area contributed by atoms with E-state index in [0.29, 0.717) is 45.9 Å². The smallest absolute Gasteiger partial charge is 0.320 e. The molecule has 1 saturated carbocycles. The van der Waals surface area contributed by atoms with Gasteiger partial charge in [-0.3, -0.25) is 4.79 Å². The van der Waals surface area contributed by atoms with Crippen LogP contribution in [0.5, 0.6) is 0 Å². The van der Waals surface area contributed by atoms with E-state index in [9.17, 15) is 9.59 Å². The van der Waals surface area contributed by atoms with E-state index in [2.05, 4.69) is 59.6 Å². The standard InChI is InChI=1S/C32H45N5O3/c1-24-11-15-35(16-12-24)30-10-9-28(22-29(30)34-31(38)26-6-3-7-26)27-8-2-5-25(21-27)23-37(14-4-13-33)32(39)36-17-19-40-20-18-36/h2,5,8-10,21-22,24,26H,3-4,6-7,11-20,23,33H2,1H3,(H,34,38). The number of urea groups is 1. The first-order chi connectivity index (χ1) is 19.5. The number of carbonyl (C=O) groups excluding carboxylic acids is 2. The summed E-state index contributed by atoms with van der Waals surface area (Å²) < 4.78 is 5.44.